The van der Waals surface area contributed by atoms with Crippen molar-refractivity contribution in [2.75, 3.05) is 0 Å². The van der Waals surface area contributed by atoms with E-state index in [1.165, 1.54) is 49.8 Å². The van der Waals surface area contributed by atoms with Crippen LogP contribution < -0.4 is 5.32 Å². The second kappa shape index (κ2) is 6.77. The molecule has 1 unspecified atom stereocenters. The summed E-state index contributed by atoms with van der Waals surface area (Å²) in [5.74, 6) is 0. The highest BCUT2D eigenvalue weighted by molar-refractivity contribution is 7.16. The minimum absolute atomic E-state index is 0.442. The molecule has 0 radical (unpaired) electrons. The van der Waals surface area contributed by atoms with Crippen LogP contribution in [0.5, 0.6) is 0 Å². The van der Waals surface area contributed by atoms with Crippen LogP contribution in [-0.4, -0.2) is 6.04 Å². The molecule has 1 atom stereocenters. The molecular formula is C14H22ClNS. The third kappa shape index (κ3) is 4.27. The molecule has 2 rings (SSSR count). The lowest BCUT2D eigenvalue weighted by Crippen LogP contribution is -2.31. The van der Waals surface area contributed by atoms with Gasteiger partial charge in [0, 0.05) is 17.0 Å². The van der Waals surface area contributed by atoms with Gasteiger partial charge >= 0.3 is 0 Å². The molecule has 1 aliphatic carbocycles. The monoisotopic (exact) mass is 271 g/mol. The van der Waals surface area contributed by atoms with E-state index >= 15 is 0 Å². The Kier molecular flexibility index (Phi) is 5.33. The summed E-state index contributed by atoms with van der Waals surface area (Å²) in [6.45, 7) is 2.25. The van der Waals surface area contributed by atoms with Gasteiger partial charge in [0.1, 0.15) is 0 Å². The second-order valence-electron chi connectivity index (χ2n) is 5.07. The molecule has 0 saturated heterocycles. The zero-order chi connectivity index (χ0) is 12.1. The van der Waals surface area contributed by atoms with Gasteiger partial charge in [-0.1, -0.05) is 43.7 Å². The van der Waals surface area contributed by atoms with Crippen molar-refractivity contribution in [1.29, 1.82) is 0 Å². The molecule has 1 N–H and O–H groups in total. The largest absolute Gasteiger partial charge is 0.307 e. The highest BCUT2D eigenvalue weighted by Gasteiger charge is 2.15. The molecule has 1 aromatic heterocycles. The topological polar surface area (TPSA) is 12.0 Å². The quantitative estimate of drug-likeness (QED) is 0.800. The molecule has 0 amide bonds. The first-order valence-electron chi connectivity index (χ1n) is 6.77. The average molecular weight is 272 g/mol. The van der Waals surface area contributed by atoms with Crippen molar-refractivity contribution in [1.82, 2.24) is 5.32 Å². The molecule has 1 fully saturated rings. The van der Waals surface area contributed by atoms with Crippen molar-refractivity contribution in [3.8, 4) is 0 Å². The van der Waals surface area contributed by atoms with Crippen molar-refractivity contribution in [3.05, 3.63) is 21.3 Å². The number of hydrogen-bond acceptors (Lipinski definition) is 2. The maximum atomic E-state index is 5.99. The van der Waals surface area contributed by atoms with E-state index in [0.717, 1.165) is 4.34 Å². The Labute approximate surface area is 114 Å². The summed E-state index contributed by atoms with van der Waals surface area (Å²) < 4.78 is 0.895. The Bertz CT molecular complexity index is 329. The van der Waals surface area contributed by atoms with Gasteiger partial charge in [0.15, 0.2) is 0 Å². The van der Waals surface area contributed by atoms with E-state index in [1.54, 1.807) is 11.3 Å². The van der Waals surface area contributed by atoms with E-state index in [9.17, 15) is 0 Å². The zero-order valence-corrected chi connectivity index (χ0v) is 12.1. The van der Waals surface area contributed by atoms with Crippen LogP contribution in [0.3, 0.4) is 0 Å². The summed E-state index contributed by atoms with van der Waals surface area (Å²) in [5.41, 5.74) is 0. The molecule has 0 aliphatic heterocycles. The van der Waals surface area contributed by atoms with E-state index in [-0.39, 0.29) is 0 Å². The summed E-state index contributed by atoms with van der Waals surface area (Å²) in [4.78, 5) is 1.36. The Morgan fingerprint density at radius 2 is 1.82 bits per heavy atom. The van der Waals surface area contributed by atoms with Crippen LogP contribution in [0.15, 0.2) is 12.1 Å². The summed E-state index contributed by atoms with van der Waals surface area (Å²) >= 11 is 7.68. The van der Waals surface area contributed by atoms with Gasteiger partial charge in [-0.05, 0) is 31.9 Å². The Morgan fingerprint density at radius 3 is 2.41 bits per heavy atom. The Balaban J connectivity index is 1.85. The molecule has 1 aliphatic rings. The van der Waals surface area contributed by atoms with Gasteiger partial charge in [-0.3, -0.25) is 0 Å². The van der Waals surface area contributed by atoms with Crippen molar-refractivity contribution >= 4 is 22.9 Å². The zero-order valence-electron chi connectivity index (χ0n) is 10.5. The first-order chi connectivity index (χ1) is 8.25. The molecular weight excluding hydrogens is 250 g/mol. The summed E-state index contributed by atoms with van der Waals surface area (Å²) in [6.07, 6.45) is 9.70. The third-order valence-corrected chi connectivity index (χ3v) is 5.03. The van der Waals surface area contributed by atoms with E-state index in [2.05, 4.69) is 18.3 Å². The van der Waals surface area contributed by atoms with Gasteiger partial charge in [-0.2, -0.15) is 0 Å². The molecule has 1 heterocycles. The fraction of sp³-hybridized carbons (Fsp3) is 0.714. The standard InChI is InChI=1S/C14H22ClNS/c1-11(13-9-10-14(15)17-13)16-12-7-5-3-2-4-6-8-12/h9-12,16H,2-8H2,1H3. The third-order valence-electron chi connectivity index (χ3n) is 3.61. The summed E-state index contributed by atoms with van der Waals surface area (Å²) in [7, 11) is 0. The van der Waals surface area contributed by atoms with Crippen LogP contribution in [-0.2, 0) is 0 Å². The van der Waals surface area contributed by atoms with Gasteiger partial charge in [0.25, 0.3) is 0 Å². The maximum Gasteiger partial charge on any atom is 0.0931 e. The average Bonchev–Trinajstić information content (AvgIpc) is 2.68. The number of halogens is 1. The summed E-state index contributed by atoms with van der Waals surface area (Å²) in [6, 6.07) is 5.29. The molecule has 1 aromatic rings. The van der Waals surface area contributed by atoms with Crippen LogP contribution in [0.4, 0.5) is 0 Å². The minimum atomic E-state index is 0.442. The van der Waals surface area contributed by atoms with E-state index in [1.807, 2.05) is 6.07 Å². The van der Waals surface area contributed by atoms with Gasteiger partial charge in [0.2, 0.25) is 0 Å². The SMILES string of the molecule is CC(NC1CCCCCCC1)c1ccc(Cl)s1. The second-order valence-corrected chi connectivity index (χ2v) is 6.82. The smallest absolute Gasteiger partial charge is 0.0931 e. The molecule has 1 saturated carbocycles. The van der Waals surface area contributed by atoms with Crippen LogP contribution in [0.1, 0.15) is 62.8 Å². The highest BCUT2D eigenvalue weighted by Crippen LogP contribution is 2.28. The number of hydrogen-bond donors (Lipinski definition) is 1. The molecule has 96 valence electrons. The molecule has 3 heteroatoms. The number of thiophene rings is 1. The minimum Gasteiger partial charge on any atom is -0.307 e. The fourth-order valence-corrected chi connectivity index (χ4v) is 3.69. The number of nitrogens with one attached hydrogen (secondary N) is 1. The van der Waals surface area contributed by atoms with Gasteiger partial charge < -0.3 is 5.32 Å². The molecule has 1 nitrogen and oxygen atoms in total. The van der Waals surface area contributed by atoms with E-state index < -0.39 is 0 Å². The predicted molar refractivity (Wildman–Crippen MR) is 77.0 cm³/mol. The summed E-state index contributed by atoms with van der Waals surface area (Å²) in [5, 5.41) is 3.77. The van der Waals surface area contributed by atoms with Crippen LogP contribution in [0.25, 0.3) is 0 Å². The van der Waals surface area contributed by atoms with E-state index in [0.29, 0.717) is 12.1 Å². The maximum absolute atomic E-state index is 5.99. The molecule has 17 heavy (non-hydrogen) atoms. The lowest BCUT2D eigenvalue weighted by atomic mass is 9.96. The van der Waals surface area contributed by atoms with E-state index in [4.69, 9.17) is 11.6 Å². The normalized spacial score (nSPS) is 20.8. The fourth-order valence-electron chi connectivity index (χ4n) is 2.62. The van der Waals surface area contributed by atoms with Crippen LogP contribution in [0.2, 0.25) is 4.34 Å². The first kappa shape index (κ1) is 13.4. The van der Waals surface area contributed by atoms with Crippen molar-refractivity contribution in [2.24, 2.45) is 0 Å². The lowest BCUT2D eigenvalue weighted by molar-refractivity contribution is 0.364. The Morgan fingerprint density at radius 1 is 1.18 bits per heavy atom. The van der Waals surface area contributed by atoms with Crippen LogP contribution >= 0.6 is 22.9 Å². The van der Waals surface area contributed by atoms with Gasteiger partial charge in [-0.25, -0.2) is 0 Å². The first-order valence-corrected chi connectivity index (χ1v) is 7.96. The highest BCUT2D eigenvalue weighted by atomic mass is 35.5. The van der Waals surface area contributed by atoms with Crippen LogP contribution in [0, 0.1) is 0 Å². The van der Waals surface area contributed by atoms with Crippen molar-refractivity contribution < 1.29 is 0 Å². The van der Waals surface area contributed by atoms with Gasteiger partial charge in [0.05, 0.1) is 4.34 Å². The predicted octanol–water partition coefficient (Wildman–Crippen LogP) is 5.17. The van der Waals surface area contributed by atoms with Crippen molar-refractivity contribution in [3.63, 3.8) is 0 Å². The molecule has 0 spiro atoms. The Hall–Kier alpha value is -0.0500. The van der Waals surface area contributed by atoms with Crippen molar-refractivity contribution in [2.45, 2.75) is 64.0 Å². The van der Waals surface area contributed by atoms with Gasteiger partial charge in [-0.15, -0.1) is 11.3 Å². The number of rotatable bonds is 3. The molecule has 0 bridgehead atoms. The lowest BCUT2D eigenvalue weighted by Gasteiger charge is -2.24. The molecule has 0 aromatic carbocycles.